The van der Waals surface area contributed by atoms with Crippen LogP contribution in [0.4, 0.5) is 0 Å². The second kappa shape index (κ2) is 7.13. The zero-order valence-electron chi connectivity index (χ0n) is 14.2. The molecule has 1 aliphatic heterocycles. The Kier molecular flexibility index (Phi) is 4.75. The van der Waals surface area contributed by atoms with Gasteiger partial charge in [-0.25, -0.2) is 4.79 Å². The Bertz CT molecular complexity index is 847. The van der Waals surface area contributed by atoms with Crippen LogP contribution in [0, 0.1) is 0 Å². The van der Waals surface area contributed by atoms with Gasteiger partial charge in [0, 0.05) is 11.1 Å². The van der Waals surface area contributed by atoms with Crippen molar-refractivity contribution < 1.29 is 23.7 Å². The predicted octanol–water partition coefficient (Wildman–Crippen LogP) is 3.69. The van der Waals surface area contributed by atoms with Crippen molar-refractivity contribution >= 4 is 17.8 Å². The molecule has 0 spiro atoms. The van der Waals surface area contributed by atoms with Crippen molar-refractivity contribution in [3.63, 3.8) is 0 Å². The molecule has 1 heterocycles. The summed E-state index contributed by atoms with van der Waals surface area (Å²) >= 11 is 0. The number of carbonyl (C=O) groups is 1. The summed E-state index contributed by atoms with van der Waals surface area (Å²) in [7, 11) is 4.73. The van der Waals surface area contributed by atoms with E-state index in [4.69, 9.17) is 18.9 Å². The highest BCUT2D eigenvalue weighted by Gasteiger charge is 2.22. The van der Waals surface area contributed by atoms with Crippen molar-refractivity contribution in [3.8, 4) is 17.2 Å². The van der Waals surface area contributed by atoms with Gasteiger partial charge in [0.1, 0.15) is 11.5 Å². The van der Waals surface area contributed by atoms with E-state index in [9.17, 15) is 4.79 Å². The number of cyclic esters (lactones) is 1. The Morgan fingerprint density at radius 1 is 0.920 bits per heavy atom. The quantitative estimate of drug-likeness (QED) is 0.615. The zero-order chi connectivity index (χ0) is 17.8. The van der Waals surface area contributed by atoms with Crippen LogP contribution in [0.15, 0.2) is 54.1 Å². The van der Waals surface area contributed by atoms with Crippen molar-refractivity contribution in [2.75, 3.05) is 21.3 Å². The number of ether oxygens (including phenoxy) is 4. The normalized spacial score (nSPS) is 14.9. The predicted molar refractivity (Wildman–Crippen MR) is 94.6 cm³/mol. The van der Waals surface area contributed by atoms with Crippen LogP contribution in [0.2, 0.25) is 0 Å². The maximum absolute atomic E-state index is 12.2. The highest BCUT2D eigenvalue weighted by Crippen LogP contribution is 2.34. The number of esters is 1. The summed E-state index contributed by atoms with van der Waals surface area (Å²) in [6, 6.07) is 12.8. The minimum Gasteiger partial charge on any atom is -0.497 e. The lowest BCUT2D eigenvalue weighted by molar-refractivity contribution is -0.130. The summed E-state index contributed by atoms with van der Waals surface area (Å²) in [5.41, 5.74) is 1.98. The summed E-state index contributed by atoms with van der Waals surface area (Å²) in [5.74, 6) is 2.00. The lowest BCUT2D eigenvalue weighted by atomic mass is 10.1. The minimum atomic E-state index is -0.407. The van der Waals surface area contributed by atoms with Crippen LogP contribution in [0.25, 0.3) is 11.8 Å². The lowest BCUT2D eigenvalue weighted by Gasteiger charge is -2.10. The minimum absolute atomic E-state index is 0.407. The van der Waals surface area contributed by atoms with Gasteiger partial charge in [0.2, 0.25) is 0 Å². The third-order valence-electron chi connectivity index (χ3n) is 3.84. The molecule has 0 bridgehead atoms. The molecule has 0 aromatic heterocycles. The Labute approximate surface area is 146 Å². The van der Waals surface area contributed by atoms with Crippen LogP contribution < -0.4 is 14.2 Å². The van der Waals surface area contributed by atoms with Crippen LogP contribution in [-0.4, -0.2) is 27.3 Å². The monoisotopic (exact) mass is 338 g/mol. The van der Waals surface area contributed by atoms with E-state index in [1.807, 2.05) is 36.4 Å². The molecule has 0 amide bonds. The average molecular weight is 338 g/mol. The van der Waals surface area contributed by atoms with E-state index in [0.29, 0.717) is 22.8 Å². The fourth-order valence-corrected chi connectivity index (χ4v) is 2.58. The number of methoxy groups -OCH3 is 3. The summed E-state index contributed by atoms with van der Waals surface area (Å²) in [6.07, 6.45) is 3.43. The van der Waals surface area contributed by atoms with Gasteiger partial charge in [-0.1, -0.05) is 12.1 Å². The van der Waals surface area contributed by atoms with E-state index in [1.54, 1.807) is 39.5 Å². The van der Waals surface area contributed by atoms with Gasteiger partial charge in [-0.2, -0.15) is 0 Å². The Morgan fingerprint density at radius 2 is 1.68 bits per heavy atom. The molecule has 0 fully saturated rings. The molecule has 0 saturated carbocycles. The van der Waals surface area contributed by atoms with Crippen molar-refractivity contribution in [3.05, 3.63) is 65.2 Å². The molecule has 5 nitrogen and oxygen atoms in total. The number of para-hydroxylation sites is 1. The molecule has 3 rings (SSSR count). The van der Waals surface area contributed by atoms with Gasteiger partial charge < -0.3 is 18.9 Å². The highest BCUT2D eigenvalue weighted by molar-refractivity contribution is 6.05. The van der Waals surface area contributed by atoms with E-state index in [1.165, 1.54) is 0 Å². The first-order valence-electron chi connectivity index (χ1n) is 7.67. The van der Waals surface area contributed by atoms with Crippen molar-refractivity contribution in [2.45, 2.75) is 0 Å². The summed E-state index contributed by atoms with van der Waals surface area (Å²) in [6.45, 7) is 0. The number of rotatable bonds is 5. The topological polar surface area (TPSA) is 54.0 Å². The number of hydrogen-bond donors (Lipinski definition) is 0. The third kappa shape index (κ3) is 3.35. The standard InChI is InChI=1S/C20H18O5/c1-22-16-9-7-13(8-10-16)18-12-15(20(21)25-18)11-14-5-4-6-17(23-2)19(14)24-3/h4-12H,1-3H3. The molecule has 0 saturated heterocycles. The second-order valence-electron chi connectivity index (χ2n) is 5.31. The van der Waals surface area contributed by atoms with Gasteiger partial charge >= 0.3 is 5.97 Å². The molecule has 0 unspecified atom stereocenters. The fourth-order valence-electron chi connectivity index (χ4n) is 2.58. The first-order chi connectivity index (χ1) is 12.2. The van der Waals surface area contributed by atoms with E-state index in [-0.39, 0.29) is 0 Å². The molecule has 2 aromatic rings. The van der Waals surface area contributed by atoms with Crippen LogP contribution in [-0.2, 0) is 9.53 Å². The molecule has 1 aliphatic rings. The van der Waals surface area contributed by atoms with Gasteiger partial charge in [-0.05, 0) is 42.5 Å². The SMILES string of the molecule is COc1ccc(C2=CC(=Cc3cccc(OC)c3OC)C(=O)O2)cc1. The largest absolute Gasteiger partial charge is 0.497 e. The number of benzene rings is 2. The average Bonchev–Trinajstić information content (AvgIpc) is 3.02. The molecule has 0 aliphatic carbocycles. The molecule has 0 radical (unpaired) electrons. The van der Waals surface area contributed by atoms with Gasteiger partial charge in [0.05, 0.1) is 26.9 Å². The first-order valence-corrected chi connectivity index (χ1v) is 7.67. The molecule has 2 aromatic carbocycles. The second-order valence-corrected chi connectivity index (χ2v) is 5.31. The number of hydrogen-bond acceptors (Lipinski definition) is 5. The maximum atomic E-state index is 12.2. The van der Waals surface area contributed by atoms with Crippen LogP contribution in [0.5, 0.6) is 17.2 Å². The van der Waals surface area contributed by atoms with Crippen molar-refractivity contribution in [1.29, 1.82) is 0 Å². The fraction of sp³-hybridized carbons (Fsp3) is 0.150. The zero-order valence-corrected chi connectivity index (χ0v) is 14.2. The third-order valence-corrected chi connectivity index (χ3v) is 3.84. The van der Waals surface area contributed by atoms with Crippen LogP contribution >= 0.6 is 0 Å². The number of carbonyl (C=O) groups excluding carboxylic acids is 1. The summed E-state index contributed by atoms with van der Waals surface area (Å²) in [4.78, 5) is 12.2. The molecule has 128 valence electrons. The van der Waals surface area contributed by atoms with Crippen LogP contribution in [0.3, 0.4) is 0 Å². The molecular formula is C20H18O5. The Hall–Kier alpha value is -3.21. The Balaban J connectivity index is 1.96. The maximum Gasteiger partial charge on any atom is 0.343 e. The highest BCUT2D eigenvalue weighted by atomic mass is 16.5. The summed E-state index contributed by atoms with van der Waals surface area (Å²) < 4.78 is 21.2. The lowest BCUT2D eigenvalue weighted by Crippen LogP contribution is -1.98. The van der Waals surface area contributed by atoms with Crippen molar-refractivity contribution in [2.24, 2.45) is 0 Å². The molecule has 25 heavy (non-hydrogen) atoms. The smallest absolute Gasteiger partial charge is 0.343 e. The van der Waals surface area contributed by atoms with E-state index >= 15 is 0 Å². The van der Waals surface area contributed by atoms with Crippen LogP contribution in [0.1, 0.15) is 11.1 Å². The Morgan fingerprint density at radius 3 is 2.32 bits per heavy atom. The van der Waals surface area contributed by atoms with Gasteiger partial charge in [0.15, 0.2) is 11.5 Å². The van der Waals surface area contributed by atoms with Gasteiger partial charge in [-0.3, -0.25) is 0 Å². The van der Waals surface area contributed by atoms with Gasteiger partial charge in [0.25, 0.3) is 0 Å². The summed E-state index contributed by atoms with van der Waals surface area (Å²) in [5, 5.41) is 0. The van der Waals surface area contributed by atoms with E-state index in [2.05, 4.69) is 0 Å². The van der Waals surface area contributed by atoms with Crippen molar-refractivity contribution in [1.82, 2.24) is 0 Å². The first kappa shape index (κ1) is 16.6. The molecular weight excluding hydrogens is 320 g/mol. The molecule has 5 heteroatoms. The van der Waals surface area contributed by atoms with E-state index in [0.717, 1.165) is 16.9 Å². The molecule has 0 atom stereocenters. The molecule has 0 N–H and O–H groups in total. The van der Waals surface area contributed by atoms with Gasteiger partial charge in [-0.15, -0.1) is 0 Å². The van der Waals surface area contributed by atoms with E-state index < -0.39 is 5.97 Å².